The zero-order valence-corrected chi connectivity index (χ0v) is 18.2. The average Bonchev–Trinajstić information content (AvgIpc) is 3.14. The Labute approximate surface area is 181 Å². The van der Waals surface area contributed by atoms with Gasteiger partial charge in [0.2, 0.25) is 0 Å². The fraction of sp³-hybridized carbons (Fsp3) is 0.158. The summed E-state index contributed by atoms with van der Waals surface area (Å²) in [6, 6.07) is 15.6. The minimum Gasteiger partial charge on any atom is -0.272 e. The van der Waals surface area contributed by atoms with E-state index in [1.165, 1.54) is 28.7 Å². The monoisotopic (exact) mass is 448 g/mol. The SMILES string of the molecule is Cc1cccc(/C=N\NC(=O)CSc2nnc(SCc3ccc(Cl)cc3)s2)c1. The molecule has 2 aromatic carbocycles. The fourth-order valence-electron chi connectivity index (χ4n) is 2.13. The quantitative estimate of drug-likeness (QED) is 0.297. The Morgan fingerprint density at radius 3 is 2.68 bits per heavy atom. The lowest BCUT2D eigenvalue weighted by molar-refractivity contribution is -0.118. The number of carbonyl (C=O) groups is 1. The molecule has 1 aromatic heterocycles. The first kappa shape index (κ1) is 20.9. The van der Waals surface area contributed by atoms with Crippen LogP contribution in [0.2, 0.25) is 5.02 Å². The lowest BCUT2D eigenvalue weighted by Gasteiger charge is -1.98. The maximum absolute atomic E-state index is 11.9. The second kappa shape index (κ2) is 10.6. The summed E-state index contributed by atoms with van der Waals surface area (Å²) in [6.45, 7) is 2.01. The van der Waals surface area contributed by atoms with Crippen molar-refractivity contribution in [3.05, 3.63) is 70.2 Å². The highest BCUT2D eigenvalue weighted by molar-refractivity contribution is 8.03. The molecule has 1 amide bonds. The number of hydrazone groups is 1. The van der Waals surface area contributed by atoms with Gasteiger partial charge in [-0.05, 0) is 30.2 Å². The third kappa shape index (κ3) is 6.94. The van der Waals surface area contributed by atoms with E-state index >= 15 is 0 Å². The molecule has 9 heteroatoms. The van der Waals surface area contributed by atoms with Gasteiger partial charge in [-0.3, -0.25) is 4.79 Å². The molecule has 0 aliphatic rings. The Balaban J connectivity index is 1.41. The van der Waals surface area contributed by atoms with Crippen molar-refractivity contribution in [3.63, 3.8) is 0 Å². The molecule has 0 spiro atoms. The van der Waals surface area contributed by atoms with Crippen LogP contribution in [-0.2, 0) is 10.5 Å². The third-order valence-corrected chi connectivity index (χ3v) is 6.95. The highest BCUT2D eigenvalue weighted by Crippen LogP contribution is 2.30. The zero-order valence-electron chi connectivity index (χ0n) is 15.0. The molecule has 1 heterocycles. The van der Waals surface area contributed by atoms with Crippen molar-refractivity contribution in [1.29, 1.82) is 0 Å². The number of aromatic nitrogens is 2. The number of hydrogen-bond acceptors (Lipinski definition) is 7. The number of thioether (sulfide) groups is 2. The van der Waals surface area contributed by atoms with Gasteiger partial charge in [0.25, 0.3) is 5.91 Å². The molecule has 0 radical (unpaired) electrons. The molecule has 0 aliphatic carbocycles. The number of aryl methyl sites for hydroxylation is 1. The predicted octanol–water partition coefficient (Wildman–Crippen LogP) is 5.03. The van der Waals surface area contributed by atoms with E-state index in [-0.39, 0.29) is 11.7 Å². The highest BCUT2D eigenvalue weighted by atomic mass is 35.5. The number of halogens is 1. The summed E-state index contributed by atoms with van der Waals surface area (Å²) in [5.74, 6) is 0.853. The van der Waals surface area contributed by atoms with E-state index in [0.717, 1.165) is 30.6 Å². The first-order valence-electron chi connectivity index (χ1n) is 8.30. The molecule has 0 saturated carbocycles. The van der Waals surface area contributed by atoms with Gasteiger partial charge in [-0.15, -0.1) is 10.2 Å². The molecule has 0 aliphatic heterocycles. The number of rotatable bonds is 8. The summed E-state index contributed by atoms with van der Waals surface area (Å²) in [4.78, 5) is 11.9. The van der Waals surface area contributed by atoms with Crippen LogP contribution in [0.4, 0.5) is 0 Å². The second-order valence-electron chi connectivity index (χ2n) is 5.75. The molecule has 3 aromatic rings. The predicted molar refractivity (Wildman–Crippen MR) is 119 cm³/mol. The summed E-state index contributed by atoms with van der Waals surface area (Å²) in [6.07, 6.45) is 1.63. The van der Waals surface area contributed by atoms with Crippen LogP contribution in [-0.4, -0.2) is 28.1 Å². The standard InChI is InChI=1S/C19H17ClN4OS3/c1-13-3-2-4-15(9-13)10-21-22-17(25)12-27-19-24-23-18(28-19)26-11-14-5-7-16(20)8-6-14/h2-10H,11-12H2,1H3,(H,22,25)/b21-10-. The van der Waals surface area contributed by atoms with Crippen LogP contribution < -0.4 is 5.43 Å². The van der Waals surface area contributed by atoms with Gasteiger partial charge in [0, 0.05) is 10.8 Å². The average molecular weight is 449 g/mol. The maximum atomic E-state index is 11.9. The molecular formula is C19H17ClN4OS3. The van der Waals surface area contributed by atoms with Crippen LogP contribution in [0, 0.1) is 6.92 Å². The maximum Gasteiger partial charge on any atom is 0.250 e. The highest BCUT2D eigenvalue weighted by Gasteiger charge is 2.08. The molecular weight excluding hydrogens is 432 g/mol. The van der Waals surface area contributed by atoms with Gasteiger partial charge in [-0.25, -0.2) is 5.43 Å². The van der Waals surface area contributed by atoms with E-state index in [4.69, 9.17) is 11.6 Å². The summed E-state index contributed by atoms with van der Waals surface area (Å²) in [5.41, 5.74) is 5.79. The number of nitrogens with zero attached hydrogens (tertiary/aromatic N) is 3. The first-order valence-corrected chi connectivity index (χ1v) is 11.5. The van der Waals surface area contributed by atoms with Crippen molar-refractivity contribution >= 4 is 58.6 Å². The van der Waals surface area contributed by atoms with Gasteiger partial charge in [-0.2, -0.15) is 5.10 Å². The summed E-state index contributed by atoms with van der Waals surface area (Å²) in [7, 11) is 0. The smallest absolute Gasteiger partial charge is 0.250 e. The molecule has 0 fully saturated rings. The van der Waals surface area contributed by atoms with Gasteiger partial charge >= 0.3 is 0 Å². The van der Waals surface area contributed by atoms with Crippen LogP contribution in [0.1, 0.15) is 16.7 Å². The molecule has 1 N–H and O–H groups in total. The van der Waals surface area contributed by atoms with E-state index < -0.39 is 0 Å². The lowest BCUT2D eigenvalue weighted by atomic mass is 10.2. The summed E-state index contributed by atoms with van der Waals surface area (Å²) >= 11 is 10.3. The van der Waals surface area contributed by atoms with Gasteiger partial charge in [0.1, 0.15) is 0 Å². The minimum absolute atomic E-state index is 0.181. The molecule has 144 valence electrons. The Morgan fingerprint density at radius 2 is 1.93 bits per heavy atom. The van der Waals surface area contributed by atoms with Crippen molar-refractivity contribution < 1.29 is 4.79 Å². The normalized spacial score (nSPS) is 11.1. The molecule has 0 bridgehead atoms. The second-order valence-corrected chi connectivity index (χ2v) is 9.60. The number of hydrogen-bond donors (Lipinski definition) is 1. The van der Waals surface area contributed by atoms with Crippen molar-refractivity contribution in [2.75, 3.05) is 5.75 Å². The van der Waals surface area contributed by atoms with Crippen LogP contribution in [0.25, 0.3) is 0 Å². The molecule has 28 heavy (non-hydrogen) atoms. The van der Waals surface area contributed by atoms with Gasteiger partial charge < -0.3 is 0 Å². The number of benzene rings is 2. The van der Waals surface area contributed by atoms with E-state index in [1.807, 2.05) is 55.5 Å². The molecule has 0 atom stereocenters. The van der Waals surface area contributed by atoms with E-state index in [0.29, 0.717) is 0 Å². The van der Waals surface area contributed by atoms with Crippen LogP contribution in [0.3, 0.4) is 0 Å². The number of amides is 1. The Bertz CT molecular complexity index is 960. The molecule has 0 saturated heterocycles. The molecule has 3 rings (SSSR count). The van der Waals surface area contributed by atoms with E-state index in [9.17, 15) is 4.79 Å². The minimum atomic E-state index is -0.181. The summed E-state index contributed by atoms with van der Waals surface area (Å²) < 4.78 is 1.63. The number of nitrogens with one attached hydrogen (secondary N) is 1. The van der Waals surface area contributed by atoms with Crippen LogP contribution in [0.15, 0.2) is 62.3 Å². The van der Waals surface area contributed by atoms with Gasteiger partial charge in [0.15, 0.2) is 8.68 Å². The Morgan fingerprint density at radius 1 is 1.18 bits per heavy atom. The number of carbonyl (C=O) groups excluding carboxylic acids is 1. The molecule has 0 unspecified atom stereocenters. The van der Waals surface area contributed by atoms with Crippen molar-refractivity contribution in [3.8, 4) is 0 Å². The van der Waals surface area contributed by atoms with Crippen molar-refractivity contribution in [2.24, 2.45) is 5.10 Å². The van der Waals surface area contributed by atoms with Gasteiger partial charge in [-0.1, -0.05) is 88.4 Å². The largest absolute Gasteiger partial charge is 0.272 e. The van der Waals surface area contributed by atoms with Crippen molar-refractivity contribution in [1.82, 2.24) is 15.6 Å². The third-order valence-electron chi connectivity index (χ3n) is 3.44. The van der Waals surface area contributed by atoms with E-state index in [2.05, 4.69) is 20.7 Å². The summed E-state index contributed by atoms with van der Waals surface area (Å²) in [5, 5.41) is 13.0. The van der Waals surface area contributed by atoms with E-state index in [1.54, 1.807) is 18.0 Å². The Kier molecular flexibility index (Phi) is 7.90. The van der Waals surface area contributed by atoms with Crippen molar-refractivity contribution in [2.45, 2.75) is 21.4 Å². The lowest BCUT2D eigenvalue weighted by Crippen LogP contribution is -2.19. The molecule has 5 nitrogen and oxygen atoms in total. The Hall–Kier alpha value is -1.87. The topological polar surface area (TPSA) is 67.2 Å². The first-order chi connectivity index (χ1) is 13.6. The van der Waals surface area contributed by atoms with Gasteiger partial charge in [0.05, 0.1) is 12.0 Å². The fourth-order valence-corrected chi connectivity index (χ4v) is 5.02. The van der Waals surface area contributed by atoms with Crippen LogP contribution >= 0.6 is 46.5 Å². The van der Waals surface area contributed by atoms with Crippen LogP contribution in [0.5, 0.6) is 0 Å². The zero-order chi connectivity index (χ0) is 19.8.